The van der Waals surface area contributed by atoms with E-state index in [4.69, 9.17) is 0 Å². The molecule has 1 saturated heterocycles. The van der Waals surface area contributed by atoms with Crippen molar-refractivity contribution in [3.63, 3.8) is 0 Å². The van der Waals surface area contributed by atoms with Gasteiger partial charge in [-0.25, -0.2) is 0 Å². The minimum absolute atomic E-state index is 0.0303. The highest BCUT2D eigenvalue weighted by Gasteiger charge is 2.22. The maximum absolute atomic E-state index is 12.4. The van der Waals surface area contributed by atoms with Gasteiger partial charge in [0.2, 0.25) is 11.8 Å². The van der Waals surface area contributed by atoms with Crippen LogP contribution in [0.2, 0.25) is 0 Å². The molecule has 1 aliphatic heterocycles. The van der Waals surface area contributed by atoms with E-state index in [1.807, 2.05) is 53.4 Å². The molecule has 1 heterocycles. The molecular formula is C22H27N3O2. The third-order valence-corrected chi connectivity index (χ3v) is 4.90. The van der Waals surface area contributed by atoms with E-state index < -0.39 is 0 Å². The zero-order chi connectivity index (χ0) is 18.9. The number of aryl methyl sites for hydroxylation is 1. The second-order valence-electron chi connectivity index (χ2n) is 6.90. The first kappa shape index (κ1) is 19.1. The lowest BCUT2D eigenvalue weighted by Crippen LogP contribution is -2.51. The number of piperazine rings is 1. The summed E-state index contributed by atoms with van der Waals surface area (Å²) in [6.07, 6.45) is 1.32. The predicted molar refractivity (Wildman–Crippen MR) is 106 cm³/mol. The number of rotatable bonds is 7. The largest absolute Gasteiger partial charge is 0.351 e. The summed E-state index contributed by atoms with van der Waals surface area (Å²) in [5.74, 6) is 0.231. The van der Waals surface area contributed by atoms with Gasteiger partial charge >= 0.3 is 0 Å². The molecule has 0 saturated carbocycles. The maximum Gasteiger partial charge on any atom is 0.234 e. The molecule has 142 valence electrons. The van der Waals surface area contributed by atoms with Crippen molar-refractivity contribution in [2.45, 2.75) is 19.4 Å². The van der Waals surface area contributed by atoms with E-state index in [9.17, 15) is 9.59 Å². The lowest BCUT2D eigenvalue weighted by molar-refractivity contribution is -0.133. The molecule has 0 bridgehead atoms. The number of hydrogen-bond donors (Lipinski definition) is 1. The fourth-order valence-electron chi connectivity index (χ4n) is 3.26. The molecular weight excluding hydrogens is 338 g/mol. The Bertz CT molecular complexity index is 726. The Balaban J connectivity index is 1.34. The number of nitrogens with one attached hydrogen (secondary N) is 1. The van der Waals surface area contributed by atoms with Crippen LogP contribution >= 0.6 is 0 Å². The molecule has 2 aromatic rings. The van der Waals surface area contributed by atoms with Crippen molar-refractivity contribution < 1.29 is 9.59 Å². The summed E-state index contributed by atoms with van der Waals surface area (Å²) in [5, 5.41) is 2.96. The van der Waals surface area contributed by atoms with Crippen molar-refractivity contribution in [1.82, 2.24) is 15.1 Å². The predicted octanol–water partition coefficient (Wildman–Crippen LogP) is 2.08. The SMILES string of the molecule is O=C(CN1CCN(C(=O)CCc2ccccc2)CC1)NCc1ccccc1. The van der Waals surface area contributed by atoms with Gasteiger partial charge in [0.1, 0.15) is 0 Å². The molecule has 0 spiro atoms. The van der Waals surface area contributed by atoms with Gasteiger partial charge < -0.3 is 10.2 Å². The van der Waals surface area contributed by atoms with E-state index in [2.05, 4.69) is 22.3 Å². The fourth-order valence-corrected chi connectivity index (χ4v) is 3.26. The zero-order valence-electron chi connectivity index (χ0n) is 15.6. The molecule has 3 rings (SSSR count). The highest BCUT2D eigenvalue weighted by Crippen LogP contribution is 2.08. The van der Waals surface area contributed by atoms with Crippen molar-refractivity contribution in [3.8, 4) is 0 Å². The molecule has 27 heavy (non-hydrogen) atoms. The van der Waals surface area contributed by atoms with Gasteiger partial charge in [0.15, 0.2) is 0 Å². The number of carbonyl (C=O) groups excluding carboxylic acids is 2. The Kier molecular flexibility index (Phi) is 6.99. The molecule has 0 unspecified atom stereocenters. The van der Waals surface area contributed by atoms with Gasteiger partial charge in [0, 0.05) is 39.1 Å². The standard InChI is InChI=1S/C22H27N3O2/c26-21(23-17-20-9-5-2-6-10-20)18-24-13-15-25(16-14-24)22(27)12-11-19-7-3-1-4-8-19/h1-10H,11-18H2,(H,23,26). The number of amides is 2. The summed E-state index contributed by atoms with van der Waals surface area (Å²) in [4.78, 5) is 28.5. The zero-order valence-corrected chi connectivity index (χ0v) is 15.6. The Morgan fingerprint density at radius 1 is 0.815 bits per heavy atom. The van der Waals surface area contributed by atoms with Crippen LogP contribution in [0.3, 0.4) is 0 Å². The maximum atomic E-state index is 12.4. The Morgan fingerprint density at radius 3 is 2.04 bits per heavy atom. The topological polar surface area (TPSA) is 52.7 Å². The summed E-state index contributed by atoms with van der Waals surface area (Å²) >= 11 is 0. The molecule has 1 N–H and O–H groups in total. The molecule has 1 fully saturated rings. The van der Waals surface area contributed by atoms with E-state index in [1.54, 1.807) is 0 Å². The van der Waals surface area contributed by atoms with Crippen LogP contribution in [0.4, 0.5) is 0 Å². The van der Waals surface area contributed by atoms with Crippen LogP contribution in [0.5, 0.6) is 0 Å². The third-order valence-electron chi connectivity index (χ3n) is 4.90. The number of hydrogen-bond acceptors (Lipinski definition) is 3. The number of benzene rings is 2. The third kappa shape index (κ3) is 6.22. The van der Waals surface area contributed by atoms with Crippen LogP contribution in [0, 0.1) is 0 Å². The molecule has 0 radical (unpaired) electrons. The Morgan fingerprint density at radius 2 is 1.41 bits per heavy atom. The summed E-state index contributed by atoms with van der Waals surface area (Å²) in [7, 11) is 0. The van der Waals surface area contributed by atoms with Crippen LogP contribution < -0.4 is 5.32 Å². The normalized spacial score (nSPS) is 14.7. The summed E-state index contributed by atoms with van der Waals surface area (Å²) in [6, 6.07) is 20.0. The van der Waals surface area contributed by atoms with Crippen LogP contribution in [-0.2, 0) is 22.6 Å². The second-order valence-corrected chi connectivity index (χ2v) is 6.90. The fraction of sp³-hybridized carbons (Fsp3) is 0.364. The van der Waals surface area contributed by atoms with E-state index >= 15 is 0 Å². The Labute approximate surface area is 161 Å². The van der Waals surface area contributed by atoms with E-state index in [0.29, 0.717) is 32.6 Å². The first-order chi connectivity index (χ1) is 13.2. The molecule has 0 aliphatic carbocycles. The Hall–Kier alpha value is -2.66. The van der Waals surface area contributed by atoms with E-state index in [-0.39, 0.29) is 11.8 Å². The monoisotopic (exact) mass is 365 g/mol. The lowest BCUT2D eigenvalue weighted by Gasteiger charge is -2.34. The quantitative estimate of drug-likeness (QED) is 0.817. The molecule has 0 aromatic heterocycles. The van der Waals surface area contributed by atoms with Gasteiger partial charge in [-0.15, -0.1) is 0 Å². The van der Waals surface area contributed by atoms with Crippen molar-refractivity contribution in [1.29, 1.82) is 0 Å². The molecule has 0 atom stereocenters. The van der Waals surface area contributed by atoms with Crippen LogP contribution in [0.1, 0.15) is 17.5 Å². The summed E-state index contributed by atoms with van der Waals surface area (Å²) in [6.45, 7) is 3.82. The highest BCUT2D eigenvalue weighted by molar-refractivity contribution is 5.78. The van der Waals surface area contributed by atoms with E-state index in [1.165, 1.54) is 5.56 Å². The van der Waals surface area contributed by atoms with Gasteiger partial charge in [-0.05, 0) is 17.5 Å². The first-order valence-corrected chi connectivity index (χ1v) is 9.55. The lowest BCUT2D eigenvalue weighted by atomic mass is 10.1. The smallest absolute Gasteiger partial charge is 0.234 e. The second kappa shape index (κ2) is 9.88. The van der Waals surface area contributed by atoms with Gasteiger partial charge in [0.25, 0.3) is 0 Å². The van der Waals surface area contributed by atoms with Crippen molar-refractivity contribution in [2.24, 2.45) is 0 Å². The van der Waals surface area contributed by atoms with Crippen molar-refractivity contribution >= 4 is 11.8 Å². The minimum atomic E-state index is 0.0303. The number of nitrogens with zero attached hydrogens (tertiary/aromatic N) is 2. The van der Waals surface area contributed by atoms with Crippen LogP contribution in [0.15, 0.2) is 60.7 Å². The van der Waals surface area contributed by atoms with Gasteiger partial charge in [-0.1, -0.05) is 60.7 Å². The van der Waals surface area contributed by atoms with Crippen LogP contribution in [-0.4, -0.2) is 54.3 Å². The minimum Gasteiger partial charge on any atom is -0.351 e. The molecule has 5 heteroatoms. The summed E-state index contributed by atoms with van der Waals surface area (Å²) < 4.78 is 0. The van der Waals surface area contributed by atoms with Gasteiger partial charge in [-0.2, -0.15) is 0 Å². The summed E-state index contributed by atoms with van der Waals surface area (Å²) in [5.41, 5.74) is 2.29. The van der Waals surface area contributed by atoms with Gasteiger partial charge in [-0.3, -0.25) is 14.5 Å². The average Bonchev–Trinajstić information content (AvgIpc) is 2.72. The average molecular weight is 365 g/mol. The molecule has 2 aromatic carbocycles. The van der Waals surface area contributed by atoms with Crippen LogP contribution in [0.25, 0.3) is 0 Å². The first-order valence-electron chi connectivity index (χ1n) is 9.55. The van der Waals surface area contributed by atoms with Gasteiger partial charge in [0.05, 0.1) is 6.54 Å². The molecule has 2 amide bonds. The van der Waals surface area contributed by atoms with Crippen molar-refractivity contribution in [2.75, 3.05) is 32.7 Å². The number of carbonyl (C=O) groups is 2. The van der Waals surface area contributed by atoms with E-state index in [0.717, 1.165) is 25.1 Å². The molecule has 1 aliphatic rings. The highest BCUT2D eigenvalue weighted by atomic mass is 16.2. The van der Waals surface area contributed by atoms with Crippen molar-refractivity contribution in [3.05, 3.63) is 71.8 Å². The molecule has 5 nitrogen and oxygen atoms in total.